The Morgan fingerprint density at radius 2 is 1.45 bits per heavy atom. The number of sulfonamides is 1. The normalized spacial score (nSPS) is 14.6. The van der Waals surface area contributed by atoms with Crippen LogP contribution >= 0.6 is 0 Å². The molecule has 1 aromatic heterocycles. The fraction of sp³-hybridized carbons (Fsp3) is 0.292. The number of aromatic nitrogens is 1. The van der Waals surface area contributed by atoms with Crippen molar-refractivity contribution in [2.75, 3.05) is 13.1 Å². The van der Waals surface area contributed by atoms with Crippen LogP contribution in [-0.2, 0) is 16.6 Å². The number of carbonyl (C=O) groups is 1. The Morgan fingerprint density at radius 1 is 0.871 bits per heavy atom. The number of nitrogens with one attached hydrogen (secondary N) is 1. The number of nitrogens with zero attached hydrogens (tertiary/aromatic N) is 2. The maximum absolute atomic E-state index is 12.6. The summed E-state index contributed by atoms with van der Waals surface area (Å²) in [5, 5.41) is 2.90. The summed E-state index contributed by atoms with van der Waals surface area (Å²) in [6.45, 7) is 5.61. The number of hydrogen-bond acceptors (Lipinski definition) is 3. The standard InChI is InChI=1S/C24H27N3O3S/c1-18-5-6-19(2)27(18)22-11-9-21(10-12-22)24(28)25-17-20-7-13-23(14-8-20)31(29,30)26-15-3-4-16-26/h5-14H,3-4,15-17H2,1-2H3,(H,25,28). The van der Waals surface area contributed by atoms with Gasteiger partial charge < -0.3 is 9.88 Å². The lowest BCUT2D eigenvalue weighted by Gasteiger charge is -2.15. The van der Waals surface area contributed by atoms with Gasteiger partial charge in [0, 0.05) is 42.3 Å². The highest BCUT2D eigenvalue weighted by Crippen LogP contribution is 2.21. The second-order valence-electron chi connectivity index (χ2n) is 7.94. The van der Waals surface area contributed by atoms with E-state index in [-0.39, 0.29) is 5.91 Å². The van der Waals surface area contributed by atoms with Crippen molar-refractivity contribution < 1.29 is 13.2 Å². The fourth-order valence-electron chi connectivity index (χ4n) is 3.98. The summed E-state index contributed by atoms with van der Waals surface area (Å²) in [6.07, 6.45) is 1.82. The van der Waals surface area contributed by atoms with Gasteiger partial charge in [0.05, 0.1) is 4.90 Å². The molecule has 0 spiro atoms. The van der Waals surface area contributed by atoms with E-state index < -0.39 is 10.0 Å². The van der Waals surface area contributed by atoms with Crippen molar-refractivity contribution in [2.24, 2.45) is 0 Å². The maximum atomic E-state index is 12.6. The third kappa shape index (κ3) is 4.43. The highest BCUT2D eigenvalue weighted by Gasteiger charge is 2.26. The minimum absolute atomic E-state index is 0.165. The van der Waals surface area contributed by atoms with Gasteiger partial charge in [0.15, 0.2) is 0 Å². The summed E-state index contributed by atoms with van der Waals surface area (Å²) in [6, 6.07) is 18.4. The number of aryl methyl sites for hydroxylation is 2. The van der Waals surface area contributed by atoms with Gasteiger partial charge in [-0.05, 0) is 80.8 Å². The van der Waals surface area contributed by atoms with Crippen molar-refractivity contribution in [2.45, 2.75) is 38.1 Å². The first-order chi connectivity index (χ1) is 14.9. The Kier molecular flexibility index (Phi) is 5.98. The molecule has 1 aliphatic heterocycles. The number of rotatable bonds is 6. The zero-order chi connectivity index (χ0) is 22.0. The van der Waals surface area contributed by atoms with Crippen molar-refractivity contribution in [3.05, 3.63) is 83.2 Å². The number of amides is 1. The van der Waals surface area contributed by atoms with Crippen LogP contribution < -0.4 is 5.32 Å². The van der Waals surface area contributed by atoms with Gasteiger partial charge in [-0.15, -0.1) is 0 Å². The van der Waals surface area contributed by atoms with E-state index in [1.54, 1.807) is 24.3 Å². The predicted molar refractivity (Wildman–Crippen MR) is 121 cm³/mol. The van der Waals surface area contributed by atoms with Gasteiger partial charge in [-0.1, -0.05) is 12.1 Å². The average molecular weight is 438 g/mol. The zero-order valence-electron chi connectivity index (χ0n) is 17.8. The number of hydrogen-bond donors (Lipinski definition) is 1. The summed E-state index contributed by atoms with van der Waals surface area (Å²) in [7, 11) is -3.41. The predicted octanol–water partition coefficient (Wildman–Crippen LogP) is 3.81. The van der Waals surface area contributed by atoms with Crippen LogP contribution in [0.25, 0.3) is 5.69 Å². The quantitative estimate of drug-likeness (QED) is 0.637. The Balaban J connectivity index is 1.38. The average Bonchev–Trinajstić information content (AvgIpc) is 3.43. The SMILES string of the molecule is Cc1ccc(C)n1-c1ccc(C(=O)NCc2ccc(S(=O)(=O)N3CCCC3)cc2)cc1. The first-order valence-electron chi connectivity index (χ1n) is 10.5. The van der Waals surface area contributed by atoms with Crippen LogP contribution in [-0.4, -0.2) is 36.3 Å². The lowest BCUT2D eigenvalue weighted by atomic mass is 10.1. The summed E-state index contributed by atoms with van der Waals surface area (Å²) >= 11 is 0. The number of benzene rings is 2. The van der Waals surface area contributed by atoms with Gasteiger partial charge in [0.2, 0.25) is 10.0 Å². The van der Waals surface area contributed by atoms with Crippen LogP contribution in [0, 0.1) is 13.8 Å². The molecule has 3 aromatic rings. The molecule has 1 N–H and O–H groups in total. The van der Waals surface area contributed by atoms with E-state index in [4.69, 9.17) is 0 Å². The van der Waals surface area contributed by atoms with Crippen LogP contribution in [0.15, 0.2) is 65.6 Å². The topological polar surface area (TPSA) is 71.4 Å². The molecule has 1 aliphatic rings. The fourth-order valence-corrected chi connectivity index (χ4v) is 5.50. The minimum atomic E-state index is -3.41. The van der Waals surface area contributed by atoms with Crippen LogP contribution in [0.4, 0.5) is 0 Å². The van der Waals surface area contributed by atoms with Crippen molar-refractivity contribution in [3.63, 3.8) is 0 Å². The molecule has 1 amide bonds. The molecule has 0 aliphatic carbocycles. The van der Waals surface area contributed by atoms with Gasteiger partial charge >= 0.3 is 0 Å². The lowest BCUT2D eigenvalue weighted by molar-refractivity contribution is 0.0951. The van der Waals surface area contributed by atoms with Crippen LogP contribution in [0.5, 0.6) is 0 Å². The van der Waals surface area contributed by atoms with E-state index in [2.05, 4.69) is 35.9 Å². The first-order valence-corrected chi connectivity index (χ1v) is 11.9. The van der Waals surface area contributed by atoms with Crippen molar-refractivity contribution in [1.29, 1.82) is 0 Å². The molecule has 0 radical (unpaired) electrons. The van der Waals surface area contributed by atoms with E-state index in [1.807, 2.05) is 24.3 Å². The monoisotopic (exact) mass is 437 g/mol. The molecule has 4 rings (SSSR count). The molecule has 31 heavy (non-hydrogen) atoms. The summed E-state index contributed by atoms with van der Waals surface area (Å²) in [5.41, 5.74) is 4.74. The Labute approximate surface area is 183 Å². The molecule has 0 unspecified atom stereocenters. The molecule has 2 heterocycles. The van der Waals surface area contributed by atoms with Crippen molar-refractivity contribution in [1.82, 2.24) is 14.2 Å². The van der Waals surface area contributed by atoms with E-state index in [0.29, 0.717) is 30.1 Å². The van der Waals surface area contributed by atoms with Crippen molar-refractivity contribution >= 4 is 15.9 Å². The molecule has 1 fully saturated rings. The second-order valence-corrected chi connectivity index (χ2v) is 9.87. The molecule has 0 bridgehead atoms. The molecule has 1 saturated heterocycles. The van der Waals surface area contributed by atoms with Gasteiger partial charge in [0.1, 0.15) is 0 Å². The molecular formula is C24H27N3O3S. The third-order valence-corrected chi connectivity index (χ3v) is 7.65. The van der Waals surface area contributed by atoms with Crippen LogP contribution in [0.1, 0.15) is 40.2 Å². The minimum Gasteiger partial charge on any atom is -0.348 e. The Bertz CT molecular complexity index is 1150. The van der Waals surface area contributed by atoms with Gasteiger partial charge in [-0.2, -0.15) is 4.31 Å². The van der Waals surface area contributed by atoms with Crippen LogP contribution in [0.2, 0.25) is 0 Å². The van der Waals surface area contributed by atoms with E-state index in [9.17, 15) is 13.2 Å². The van der Waals surface area contributed by atoms with Gasteiger partial charge in [0.25, 0.3) is 5.91 Å². The van der Waals surface area contributed by atoms with E-state index in [1.165, 1.54) is 4.31 Å². The molecule has 6 nitrogen and oxygen atoms in total. The Hall–Kier alpha value is -2.90. The van der Waals surface area contributed by atoms with Crippen LogP contribution in [0.3, 0.4) is 0 Å². The molecule has 7 heteroatoms. The van der Waals surface area contributed by atoms with Crippen molar-refractivity contribution in [3.8, 4) is 5.69 Å². The summed E-state index contributed by atoms with van der Waals surface area (Å²) in [4.78, 5) is 12.8. The smallest absolute Gasteiger partial charge is 0.251 e. The van der Waals surface area contributed by atoms with E-state index in [0.717, 1.165) is 35.5 Å². The van der Waals surface area contributed by atoms with E-state index >= 15 is 0 Å². The Morgan fingerprint density at radius 3 is 2.03 bits per heavy atom. The summed E-state index contributed by atoms with van der Waals surface area (Å²) < 4.78 is 28.9. The molecule has 2 aromatic carbocycles. The largest absolute Gasteiger partial charge is 0.348 e. The third-order valence-electron chi connectivity index (χ3n) is 5.74. The molecule has 0 atom stereocenters. The van der Waals surface area contributed by atoms with Gasteiger partial charge in [-0.25, -0.2) is 8.42 Å². The second kappa shape index (κ2) is 8.69. The first kappa shape index (κ1) is 21.3. The maximum Gasteiger partial charge on any atom is 0.251 e. The summed E-state index contributed by atoms with van der Waals surface area (Å²) in [5.74, 6) is -0.165. The molecule has 0 saturated carbocycles. The molecule has 162 valence electrons. The lowest BCUT2D eigenvalue weighted by Crippen LogP contribution is -2.28. The highest BCUT2D eigenvalue weighted by molar-refractivity contribution is 7.89. The zero-order valence-corrected chi connectivity index (χ0v) is 18.7. The van der Waals surface area contributed by atoms with Gasteiger partial charge in [-0.3, -0.25) is 4.79 Å². The number of carbonyl (C=O) groups excluding carboxylic acids is 1. The highest BCUT2D eigenvalue weighted by atomic mass is 32.2. The molecular weight excluding hydrogens is 410 g/mol.